The van der Waals surface area contributed by atoms with Gasteiger partial charge in [-0.05, 0) is 32.1 Å². The van der Waals surface area contributed by atoms with Crippen LogP contribution in [0.3, 0.4) is 0 Å². The highest BCUT2D eigenvalue weighted by Gasteiger charge is 2.16. The van der Waals surface area contributed by atoms with Gasteiger partial charge in [0.25, 0.3) is 0 Å². The molecule has 4 heteroatoms. The molecule has 0 aromatic carbocycles. The van der Waals surface area contributed by atoms with Crippen molar-refractivity contribution in [3.8, 4) is 0 Å². The van der Waals surface area contributed by atoms with Crippen molar-refractivity contribution in [1.82, 2.24) is 10.2 Å². The van der Waals surface area contributed by atoms with Gasteiger partial charge in [-0.25, -0.2) is 0 Å². The molecule has 1 rings (SSSR count). The minimum absolute atomic E-state index is 0.181. The van der Waals surface area contributed by atoms with Crippen LogP contribution in [0, 0.1) is 0 Å². The molecule has 0 bridgehead atoms. The summed E-state index contributed by atoms with van der Waals surface area (Å²) in [6.07, 6.45) is 7.82. The molecule has 4 nitrogen and oxygen atoms in total. The smallest absolute Gasteiger partial charge is 0.236 e. The van der Waals surface area contributed by atoms with Crippen LogP contribution in [-0.4, -0.2) is 48.7 Å². The molecule has 2 N–H and O–H groups in total. The quantitative estimate of drug-likeness (QED) is 0.628. The fraction of sp³-hybridized carbons (Fsp3) is 0.923. The van der Waals surface area contributed by atoms with Crippen molar-refractivity contribution in [3.05, 3.63) is 0 Å². The average Bonchev–Trinajstić information content (AvgIpc) is 2.84. The lowest BCUT2D eigenvalue weighted by molar-refractivity contribution is -0.129. The van der Waals surface area contributed by atoms with Crippen LogP contribution in [0.25, 0.3) is 0 Å². The molecule has 17 heavy (non-hydrogen) atoms. The van der Waals surface area contributed by atoms with Crippen molar-refractivity contribution >= 4 is 5.91 Å². The van der Waals surface area contributed by atoms with Crippen molar-refractivity contribution in [2.45, 2.75) is 51.0 Å². The Kier molecular flexibility index (Phi) is 7.21. The van der Waals surface area contributed by atoms with Gasteiger partial charge in [-0.2, -0.15) is 0 Å². The first-order valence-electron chi connectivity index (χ1n) is 6.82. The first kappa shape index (κ1) is 14.5. The summed E-state index contributed by atoms with van der Waals surface area (Å²) < 4.78 is 0. The Labute approximate surface area is 104 Å². The number of hydrogen-bond donors (Lipinski definition) is 2. The number of amides is 1. The predicted molar refractivity (Wildman–Crippen MR) is 68.8 cm³/mol. The van der Waals surface area contributed by atoms with E-state index >= 15 is 0 Å². The molecule has 100 valence electrons. The van der Waals surface area contributed by atoms with Gasteiger partial charge in [0, 0.05) is 26.2 Å². The molecular weight excluding hydrogens is 216 g/mol. The van der Waals surface area contributed by atoms with E-state index in [1.807, 2.05) is 7.05 Å². The zero-order chi connectivity index (χ0) is 12.5. The lowest BCUT2D eigenvalue weighted by Gasteiger charge is -2.19. The Hall–Kier alpha value is -0.610. The van der Waals surface area contributed by atoms with Gasteiger partial charge in [0.1, 0.15) is 0 Å². The minimum atomic E-state index is 0.181. The van der Waals surface area contributed by atoms with Crippen LogP contribution < -0.4 is 5.32 Å². The maximum Gasteiger partial charge on any atom is 0.236 e. The number of carbonyl (C=O) groups is 1. The highest BCUT2D eigenvalue weighted by atomic mass is 16.2. The van der Waals surface area contributed by atoms with Crippen molar-refractivity contribution in [1.29, 1.82) is 0 Å². The average molecular weight is 242 g/mol. The molecule has 0 aliphatic heterocycles. The SMILES string of the molecule is CN(CCCCCO)C(=O)CNC1CCCC1. The van der Waals surface area contributed by atoms with Gasteiger partial charge in [-0.15, -0.1) is 0 Å². The van der Waals surface area contributed by atoms with E-state index in [1.165, 1.54) is 25.7 Å². The van der Waals surface area contributed by atoms with Crippen LogP contribution in [0.5, 0.6) is 0 Å². The van der Waals surface area contributed by atoms with Gasteiger partial charge < -0.3 is 15.3 Å². The number of rotatable bonds is 8. The summed E-state index contributed by atoms with van der Waals surface area (Å²) in [6.45, 7) is 1.52. The van der Waals surface area contributed by atoms with Gasteiger partial charge in [-0.1, -0.05) is 12.8 Å². The maximum atomic E-state index is 11.8. The topological polar surface area (TPSA) is 52.6 Å². The van der Waals surface area contributed by atoms with Crippen molar-refractivity contribution < 1.29 is 9.90 Å². The molecule has 1 saturated carbocycles. The zero-order valence-corrected chi connectivity index (χ0v) is 11.0. The second kappa shape index (κ2) is 8.48. The molecule has 1 amide bonds. The minimum Gasteiger partial charge on any atom is -0.396 e. The molecule has 0 atom stereocenters. The third-order valence-electron chi connectivity index (χ3n) is 3.47. The second-order valence-electron chi connectivity index (χ2n) is 4.96. The summed E-state index contributed by atoms with van der Waals surface area (Å²) in [7, 11) is 1.86. The monoisotopic (exact) mass is 242 g/mol. The van der Waals surface area contributed by atoms with Crippen LogP contribution >= 0.6 is 0 Å². The molecule has 0 spiro atoms. The number of carbonyl (C=O) groups excluding carboxylic acids is 1. The maximum absolute atomic E-state index is 11.8. The number of nitrogens with one attached hydrogen (secondary N) is 1. The van der Waals surface area contributed by atoms with Crippen LogP contribution in [0.2, 0.25) is 0 Å². The van der Waals surface area contributed by atoms with Crippen LogP contribution in [0.15, 0.2) is 0 Å². The first-order valence-corrected chi connectivity index (χ1v) is 6.82. The molecule has 0 radical (unpaired) electrons. The Morgan fingerprint density at radius 3 is 2.65 bits per heavy atom. The number of likely N-dealkylation sites (N-methyl/N-ethyl adjacent to an activating group) is 1. The number of hydrogen-bond acceptors (Lipinski definition) is 3. The zero-order valence-electron chi connectivity index (χ0n) is 11.0. The largest absolute Gasteiger partial charge is 0.396 e. The van der Waals surface area contributed by atoms with E-state index < -0.39 is 0 Å². The summed E-state index contributed by atoms with van der Waals surface area (Å²) in [5.74, 6) is 0.181. The molecular formula is C13H26N2O2. The van der Waals surface area contributed by atoms with Gasteiger partial charge in [-0.3, -0.25) is 4.79 Å². The standard InChI is InChI=1S/C13H26N2O2/c1-15(9-5-2-6-10-16)13(17)11-14-12-7-3-4-8-12/h12,14,16H,2-11H2,1H3. The molecule has 0 aromatic heterocycles. The third-order valence-corrected chi connectivity index (χ3v) is 3.47. The number of nitrogens with zero attached hydrogens (tertiary/aromatic N) is 1. The number of aliphatic hydroxyl groups is 1. The summed E-state index contributed by atoms with van der Waals surface area (Å²) in [5.41, 5.74) is 0. The van der Waals surface area contributed by atoms with Crippen LogP contribution in [-0.2, 0) is 4.79 Å². The predicted octanol–water partition coefficient (Wildman–Crippen LogP) is 1.14. The van der Waals surface area contributed by atoms with E-state index in [0.717, 1.165) is 25.8 Å². The molecule has 0 unspecified atom stereocenters. The lowest BCUT2D eigenvalue weighted by atomic mass is 10.2. The molecule has 0 heterocycles. The molecule has 1 fully saturated rings. The van der Waals surface area contributed by atoms with Crippen LogP contribution in [0.4, 0.5) is 0 Å². The highest BCUT2D eigenvalue weighted by Crippen LogP contribution is 2.17. The van der Waals surface area contributed by atoms with E-state index in [1.54, 1.807) is 4.90 Å². The fourth-order valence-electron chi connectivity index (χ4n) is 2.26. The van der Waals surface area contributed by atoms with Crippen molar-refractivity contribution in [3.63, 3.8) is 0 Å². The highest BCUT2D eigenvalue weighted by molar-refractivity contribution is 5.77. The van der Waals surface area contributed by atoms with Crippen molar-refractivity contribution in [2.24, 2.45) is 0 Å². The van der Waals surface area contributed by atoms with E-state index in [-0.39, 0.29) is 12.5 Å². The first-order chi connectivity index (χ1) is 8.24. The van der Waals surface area contributed by atoms with E-state index in [9.17, 15) is 4.79 Å². The Balaban J connectivity index is 2.04. The van der Waals surface area contributed by atoms with Crippen LogP contribution in [0.1, 0.15) is 44.9 Å². The van der Waals surface area contributed by atoms with Gasteiger partial charge in [0.2, 0.25) is 5.91 Å². The van der Waals surface area contributed by atoms with Gasteiger partial charge >= 0.3 is 0 Å². The van der Waals surface area contributed by atoms with Crippen molar-refractivity contribution in [2.75, 3.05) is 26.7 Å². The third kappa shape index (κ3) is 6.03. The summed E-state index contributed by atoms with van der Waals surface area (Å²) in [5, 5.41) is 12.0. The molecule has 0 aromatic rings. The van der Waals surface area contributed by atoms with E-state index in [2.05, 4.69) is 5.32 Å². The summed E-state index contributed by atoms with van der Waals surface area (Å²) in [4.78, 5) is 13.6. The molecule has 0 saturated heterocycles. The number of unbranched alkanes of at least 4 members (excludes halogenated alkanes) is 2. The number of aliphatic hydroxyl groups excluding tert-OH is 1. The Morgan fingerprint density at radius 2 is 2.00 bits per heavy atom. The normalized spacial score (nSPS) is 16.4. The Bertz CT molecular complexity index is 215. The summed E-state index contributed by atoms with van der Waals surface area (Å²) >= 11 is 0. The van der Waals surface area contributed by atoms with Gasteiger partial charge in [0.05, 0.1) is 6.54 Å². The molecule has 1 aliphatic rings. The Morgan fingerprint density at radius 1 is 1.29 bits per heavy atom. The lowest BCUT2D eigenvalue weighted by Crippen LogP contribution is -2.39. The second-order valence-corrected chi connectivity index (χ2v) is 4.96. The fourth-order valence-corrected chi connectivity index (χ4v) is 2.26. The molecule has 1 aliphatic carbocycles. The van der Waals surface area contributed by atoms with Gasteiger partial charge in [0.15, 0.2) is 0 Å². The summed E-state index contributed by atoms with van der Waals surface area (Å²) in [6, 6.07) is 0.557. The van der Waals surface area contributed by atoms with E-state index in [0.29, 0.717) is 12.6 Å². The van der Waals surface area contributed by atoms with E-state index in [4.69, 9.17) is 5.11 Å².